The van der Waals surface area contributed by atoms with Gasteiger partial charge in [0.25, 0.3) is 0 Å². The summed E-state index contributed by atoms with van der Waals surface area (Å²) in [6.45, 7) is 17.4. The number of benzene rings is 1. The van der Waals surface area contributed by atoms with Gasteiger partial charge < -0.3 is 14.8 Å². The van der Waals surface area contributed by atoms with Crippen molar-refractivity contribution in [2.75, 3.05) is 13.4 Å². The fourth-order valence-electron chi connectivity index (χ4n) is 3.01. The van der Waals surface area contributed by atoms with Gasteiger partial charge in [0, 0.05) is 26.9 Å². The minimum Gasteiger partial charge on any atom is -0.493 e. The van der Waals surface area contributed by atoms with Crippen molar-refractivity contribution in [1.82, 2.24) is 10.0 Å². The molecule has 172 valence electrons. The third-order valence-corrected chi connectivity index (χ3v) is 6.27. The Bertz CT molecular complexity index is 879. The van der Waals surface area contributed by atoms with E-state index < -0.39 is 26.2 Å². The highest BCUT2D eigenvalue weighted by Gasteiger charge is 2.43. The van der Waals surface area contributed by atoms with Crippen LogP contribution in [0.25, 0.3) is 0 Å². The van der Waals surface area contributed by atoms with E-state index in [1.54, 1.807) is 21.0 Å². The molecule has 2 N–H and O–H groups in total. The first-order valence-corrected chi connectivity index (χ1v) is 12.2. The summed E-state index contributed by atoms with van der Waals surface area (Å²) in [5.74, 6) is 4.66. The standard InChI is InChI=1S/C23H40N2O4S/c1-20(2,3)29-17-14-13-16(15-18(17)28-10)21(4,5)23(8,9)24-19(26)22(6,7)25-30(11,12)27/h13-15H,11H2,1-10,12H3,(H,24,26)(H,25,27). The average Bonchev–Trinajstić information content (AvgIpc) is 2.50. The maximum absolute atomic E-state index is 13.0. The largest absolute Gasteiger partial charge is 0.493 e. The Labute approximate surface area is 183 Å². The molecule has 0 saturated carbocycles. The van der Waals surface area contributed by atoms with E-state index in [0.29, 0.717) is 11.5 Å². The molecule has 1 atom stereocenters. The maximum Gasteiger partial charge on any atom is 0.241 e. The number of ether oxygens (including phenoxy) is 2. The summed E-state index contributed by atoms with van der Waals surface area (Å²) in [5, 5.41) is 3.12. The van der Waals surface area contributed by atoms with Crippen LogP contribution in [0.1, 0.15) is 67.9 Å². The highest BCUT2D eigenvalue weighted by molar-refractivity contribution is 7.97. The molecular weight excluding hydrogens is 400 g/mol. The highest BCUT2D eigenvalue weighted by Crippen LogP contribution is 2.40. The fourth-order valence-corrected chi connectivity index (χ4v) is 4.19. The Morgan fingerprint density at radius 1 is 1.00 bits per heavy atom. The molecule has 0 aromatic heterocycles. The predicted octanol–water partition coefficient (Wildman–Crippen LogP) is 3.67. The zero-order valence-corrected chi connectivity index (χ0v) is 21.3. The van der Waals surface area contributed by atoms with Crippen molar-refractivity contribution in [2.45, 2.75) is 84.4 Å². The third-order valence-electron chi connectivity index (χ3n) is 5.33. The van der Waals surface area contributed by atoms with Gasteiger partial charge in [0.15, 0.2) is 11.5 Å². The lowest BCUT2D eigenvalue weighted by Crippen LogP contribution is -2.63. The lowest BCUT2D eigenvalue weighted by atomic mass is 9.69. The molecule has 1 amide bonds. The van der Waals surface area contributed by atoms with Gasteiger partial charge in [-0.2, -0.15) is 0 Å². The lowest BCUT2D eigenvalue weighted by molar-refractivity contribution is -0.128. The Morgan fingerprint density at radius 3 is 1.97 bits per heavy atom. The number of hydrogen-bond acceptors (Lipinski definition) is 4. The van der Waals surface area contributed by atoms with E-state index in [1.165, 1.54) is 6.26 Å². The van der Waals surface area contributed by atoms with Crippen LogP contribution < -0.4 is 19.5 Å². The number of amides is 1. The number of nitrogens with one attached hydrogen (secondary N) is 2. The van der Waals surface area contributed by atoms with Crippen LogP contribution in [0.2, 0.25) is 0 Å². The Kier molecular flexibility index (Phi) is 7.39. The summed E-state index contributed by atoms with van der Waals surface area (Å²) in [4.78, 5) is 13.0. The third kappa shape index (κ3) is 6.64. The second kappa shape index (κ2) is 8.42. The van der Waals surface area contributed by atoms with Gasteiger partial charge in [0.2, 0.25) is 5.91 Å². The number of hydrogen-bond donors (Lipinski definition) is 2. The van der Waals surface area contributed by atoms with E-state index in [2.05, 4.69) is 29.8 Å². The Balaban J connectivity index is 3.24. The van der Waals surface area contributed by atoms with Gasteiger partial charge in [-0.3, -0.25) is 9.00 Å². The average molecular weight is 441 g/mol. The Morgan fingerprint density at radius 2 is 1.53 bits per heavy atom. The molecule has 1 rings (SSSR count). The topological polar surface area (TPSA) is 76.7 Å². The molecule has 0 radical (unpaired) electrons. The number of methoxy groups -OCH3 is 1. The fraction of sp³-hybridized carbons (Fsp3) is 0.652. The summed E-state index contributed by atoms with van der Waals surface area (Å²) < 4.78 is 26.5. The first-order chi connectivity index (χ1) is 13.2. The van der Waals surface area contributed by atoms with Crippen molar-refractivity contribution < 1.29 is 18.5 Å². The van der Waals surface area contributed by atoms with Gasteiger partial charge in [-0.25, -0.2) is 4.72 Å². The van der Waals surface area contributed by atoms with Crippen LogP contribution in [0, 0.1) is 0 Å². The highest BCUT2D eigenvalue weighted by atomic mass is 32.2. The van der Waals surface area contributed by atoms with E-state index >= 15 is 0 Å². The van der Waals surface area contributed by atoms with E-state index in [1.807, 2.05) is 52.8 Å². The minimum atomic E-state index is -2.54. The summed E-state index contributed by atoms with van der Waals surface area (Å²) in [5.41, 5.74) is -1.47. The zero-order valence-electron chi connectivity index (χ0n) is 20.5. The van der Waals surface area contributed by atoms with Crippen molar-refractivity contribution in [3.8, 4) is 11.5 Å². The van der Waals surface area contributed by atoms with Gasteiger partial charge in [-0.05, 0) is 72.0 Å². The first kappa shape index (κ1) is 26.3. The number of rotatable bonds is 8. The van der Waals surface area contributed by atoms with Crippen LogP contribution in [0.3, 0.4) is 0 Å². The predicted molar refractivity (Wildman–Crippen MR) is 127 cm³/mol. The van der Waals surface area contributed by atoms with Crippen LogP contribution in [0.4, 0.5) is 0 Å². The quantitative estimate of drug-likeness (QED) is 0.605. The van der Waals surface area contributed by atoms with Gasteiger partial charge in [0.05, 0.1) is 7.11 Å². The van der Waals surface area contributed by atoms with Crippen molar-refractivity contribution >= 4 is 21.5 Å². The molecule has 1 aromatic rings. The van der Waals surface area contributed by atoms with Gasteiger partial charge in [0.1, 0.15) is 11.1 Å². The minimum absolute atomic E-state index is 0.251. The number of carbonyl (C=O) groups is 1. The summed E-state index contributed by atoms with van der Waals surface area (Å²) >= 11 is 0. The maximum atomic E-state index is 13.0. The van der Waals surface area contributed by atoms with E-state index in [4.69, 9.17) is 9.47 Å². The molecule has 0 aliphatic carbocycles. The molecule has 7 heteroatoms. The molecule has 0 spiro atoms. The van der Waals surface area contributed by atoms with Crippen molar-refractivity contribution in [3.63, 3.8) is 0 Å². The molecule has 0 heterocycles. The van der Waals surface area contributed by atoms with Crippen LogP contribution in [0.5, 0.6) is 11.5 Å². The van der Waals surface area contributed by atoms with Crippen molar-refractivity contribution in [2.24, 2.45) is 0 Å². The monoisotopic (exact) mass is 440 g/mol. The first-order valence-electron chi connectivity index (χ1n) is 10.0. The molecule has 0 saturated heterocycles. The SMILES string of the molecule is C=S(C)(=O)NC(C)(C)C(=O)NC(C)(C)C(C)(C)c1ccc(OC(C)(C)C)c(OC)c1. The smallest absolute Gasteiger partial charge is 0.241 e. The molecule has 1 aromatic carbocycles. The van der Waals surface area contributed by atoms with E-state index in [9.17, 15) is 9.00 Å². The summed E-state index contributed by atoms with van der Waals surface area (Å²) in [6.07, 6.45) is 1.48. The molecular formula is C23H40N2O4S. The normalized spacial score (nSPS) is 15.3. The molecule has 30 heavy (non-hydrogen) atoms. The van der Waals surface area contributed by atoms with Crippen molar-refractivity contribution in [1.29, 1.82) is 0 Å². The second-order valence-electron chi connectivity index (χ2n) is 10.5. The second-order valence-corrected chi connectivity index (χ2v) is 12.7. The van der Waals surface area contributed by atoms with E-state index in [0.717, 1.165) is 5.56 Å². The van der Waals surface area contributed by atoms with E-state index in [-0.39, 0.29) is 11.5 Å². The molecule has 0 aliphatic rings. The molecule has 0 bridgehead atoms. The van der Waals surface area contributed by atoms with Crippen LogP contribution in [-0.2, 0) is 19.9 Å². The Hall–Kier alpha value is -1.73. The van der Waals surface area contributed by atoms with Gasteiger partial charge in [-0.15, -0.1) is 0 Å². The van der Waals surface area contributed by atoms with Gasteiger partial charge in [-0.1, -0.05) is 19.9 Å². The molecule has 0 fully saturated rings. The van der Waals surface area contributed by atoms with Crippen LogP contribution in [-0.4, -0.2) is 46.0 Å². The van der Waals surface area contributed by atoms with Crippen LogP contribution in [0.15, 0.2) is 18.2 Å². The van der Waals surface area contributed by atoms with Crippen molar-refractivity contribution in [3.05, 3.63) is 23.8 Å². The van der Waals surface area contributed by atoms with Gasteiger partial charge >= 0.3 is 0 Å². The summed E-state index contributed by atoms with van der Waals surface area (Å²) in [6, 6.07) is 5.85. The summed E-state index contributed by atoms with van der Waals surface area (Å²) in [7, 11) is -0.925. The zero-order chi connectivity index (χ0) is 23.8. The molecule has 0 aliphatic heterocycles. The van der Waals surface area contributed by atoms with Crippen LogP contribution >= 0.6 is 0 Å². The molecule has 1 unspecified atom stereocenters. The lowest BCUT2D eigenvalue weighted by Gasteiger charge is -2.44. The number of carbonyl (C=O) groups excluding carboxylic acids is 1. The molecule has 6 nitrogen and oxygen atoms in total.